The maximum atomic E-state index is 12.4. The Hall–Kier alpha value is -2.67. The zero-order valence-corrected chi connectivity index (χ0v) is 16.7. The van der Waals surface area contributed by atoms with Gasteiger partial charge in [-0.2, -0.15) is 0 Å². The number of nitrogens with one attached hydrogen (secondary N) is 1. The van der Waals surface area contributed by atoms with Crippen LogP contribution in [-0.2, 0) is 4.79 Å². The molecule has 1 aromatic carbocycles. The molecule has 0 spiro atoms. The van der Waals surface area contributed by atoms with Crippen molar-refractivity contribution in [1.29, 1.82) is 0 Å². The van der Waals surface area contributed by atoms with E-state index in [0.717, 1.165) is 4.47 Å². The third-order valence-corrected chi connectivity index (χ3v) is 4.05. The van der Waals surface area contributed by atoms with Gasteiger partial charge in [-0.25, -0.2) is 9.59 Å². The predicted octanol–water partition coefficient (Wildman–Crippen LogP) is 2.12. The van der Waals surface area contributed by atoms with E-state index in [1.807, 2.05) is 6.92 Å². The number of carbonyl (C=O) groups is 2. The summed E-state index contributed by atoms with van der Waals surface area (Å²) >= 11 is 3.30. The van der Waals surface area contributed by atoms with Crippen molar-refractivity contribution in [2.24, 2.45) is 0 Å². The van der Waals surface area contributed by atoms with Gasteiger partial charge in [0.05, 0.1) is 0 Å². The Kier molecular flexibility index (Phi) is 7.55. The van der Waals surface area contributed by atoms with Gasteiger partial charge in [0.2, 0.25) is 5.91 Å². The molecule has 0 bridgehead atoms. The van der Waals surface area contributed by atoms with Crippen molar-refractivity contribution >= 4 is 40.0 Å². The number of rotatable bonds is 6. The SMILES string of the molecule is CC/C=c1/oc(=O)c(C(=O)Oc2ccc(Br)cc2)c/c1=C/CCNC(C)=O. The summed E-state index contributed by atoms with van der Waals surface area (Å²) in [6, 6.07) is 8.14. The molecule has 2 aromatic rings. The lowest BCUT2D eigenvalue weighted by molar-refractivity contribution is -0.118. The molecule has 0 aliphatic heterocycles. The van der Waals surface area contributed by atoms with Crippen molar-refractivity contribution in [3.8, 4) is 5.75 Å². The Morgan fingerprint density at radius 1 is 1.22 bits per heavy atom. The summed E-state index contributed by atoms with van der Waals surface area (Å²) in [6.45, 7) is 3.80. The maximum absolute atomic E-state index is 12.4. The highest BCUT2D eigenvalue weighted by atomic mass is 79.9. The van der Waals surface area contributed by atoms with Crippen LogP contribution < -0.4 is 26.3 Å². The zero-order valence-electron chi connectivity index (χ0n) is 15.1. The van der Waals surface area contributed by atoms with Crippen LogP contribution in [0, 0.1) is 0 Å². The van der Waals surface area contributed by atoms with Crippen molar-refractivity contribution in [3.63, 3.8) is 0 Å². The van der Waals surface area contributed by atoms with Gasteiger partial charge in [0.1, 0.15) is 16.7 Å². The fraction of sp³-hybridized carbons (Fsp3) is 0.250. The van der Waals surface area contributed by atoms with Crippen LogP contribution in [0.25, 0.3) is 12.2 Å². The number of carbonyl (C=O) groups excluding carboxylic acids is 2. The van der Waals surface area contributed by atoms with Gasteiger partial charge < -0.3 is 14.5 Å². The zero-order chi connectivity index (χ0) is 19.8. The summed E-state index contributed by atoms with van der Waals surface area (Å²) in [7, 11) is 0. The first-order valence-electron chi connectivity index (χ1n) is 8.47. The highest BCUT2D eigenvalue weighted by molar-refractivity contribution is 9.10. The number of esters is 1. The Balaban J connectivity index is 2.34. The number of amides is 1. The molecule has 0 unspecified atom stereocenters. The molecule has 0 atom stereocenters. The van der Waals surface area contributed by atoms with Crippen molar-refractivity contribution in [2.45, 2.75) is 26.7 Å². The van der Waals surface area contributed by atoms with E-state index in [0.29, 0.717) is 35.8 Å². The van der Waals surface area contributed by atoms with E-state index in [4.69, 9.17) is 9.15 Å². The smallest absolute Gasteiger partial charge is 0.351 e. The highest BCUT2D eigenvalue weighted by Crippen LogP contribution is 2.16. The first-order chi connectivity index (χ1) is 12.9. The summed E-state index contributed by atoms with van der Waals surface area (Å²) in [5, 5.41) is 3.29. The number of ether oxygens (including phenoxy) is 1. The molecule has 0 fully saturated rings. The second-order valence-corrected chi connectivity index (χ2v) is 6.61. The molecular weight excluding hydrogens is 414 g/mol. The predicted molar refractivity (Wildman–Crippen MR) is 106 cm³/mol. The van der Waals surface area contributed by atoms with Crippen LogP contribution in [0.3, 0.4) is 0 Å². The molecule has 1 amide bonds. The third-order valence-electron chi connectivity index (χ3n) is 3.52. The lowest BCUT2D eigenvalue weighted by Crippen LogP contribution is -2.34. The number of hydrogen-bond acceptors (Lipinski definition) is 5. The molecule has 27 heavy (non-hydrogen) atoms. The van der Waals surface area contributed by atoms with Gasteiger partial charge in [0.15, 0.2) is 0 Å². The molecule has 0 radical (unpaired) electrons. The van der Waals surface area contributed by atoms with Gasteiger partial charge in [-0.05, 0) is 49.2 Å². The molecule has 6 nitrogen and oxygen atoms in total. The molecule has 1 aromatic heterocycles. The van der Waals surface area contributed by atoms with Gasteiger partial charge in [-0.15, -0.1) is 0 Å². The van der Waals surface area contributed by atoms with Gasteiger partial charge in [-0.3, -0.25) is 4.79 Å². The molecule has 0 saturated heterocycles. The first kappa shape index (κ1) is 20.6. The largest absolute Gasteiger partial charge is 0.423 e. The Morgan fingerprint density at radius 3 is 2.56 bits per heavy atom. The molecule has 0 aliphatic rings. The third kappa shape index (κ3) is 6.21. The van der Waals surface area contributed by atoms with E-state index < -0.39 is 11.6 Å². The van der Waals surface area contributed by atoms with Crippen LogP contribution in [0.1, 0.15) is 37.0 Å². The van der Waals surface area contributed by atoms with Crippen LogP contribution >= 0.6 is 15.9 Å². The second kappa shape index (κ2) is 9.87. The number of benzene rings is 1. The number of halogens is 1. The summed E-state index contributed by atoms with van der Waals surface area (Å²) < 4.78 is 11.4. The van der Waals surface area contributed by atoms with Crippen LogP contribution in [0.4, 0.5) is 0 Å². The lowest BCUT2D eigenvalue weighted by Gasteiger charge is -2.04. The fourth-order valence-electron chi connectivity index (χ4n) is 2.29. The summed E-state index contributed by atoms with van der Waals surface area (Å²) in [4.78, 5) is 35.5. The van der Waals surface area contributed by atoms with Gasteiger partial charge in [0.25, 0.3) is 0 Å². The summed E-state index contributed by atoms with van der Waals surface area (Å²) in [6.07, 6.45) is 4.75. The maximum Gasteiger partial charge on any atom is 0.351 e. The molecule has 7 heteroatoms. The van der Waals surface area contributed by atoms with Gasteiger partial charge in [-0.1, -0.05) is 28.9 Å². The van der Waals surface area contributed by atoms with E-state index in [-0.39, 0.29) is 11.5 Å². The van der Waals surface area contributed by atoms with Crippen molar-refractivity contribution < 1.29 is 18.7 Å². The molecule has 1 heterocycles. The van der Waals surface area contributed by atoms with Crippen molar-refractivity contribution in [1.82, 2.24) is 5.32 Å². The second-order valence-electron chi connectivity index (χ2n) is 5.70. The van der Waals surface area contributed by atoms with E-state index in [2.05, 4.69) is 21.2 Å². The normalized spacial score (nSPS) is 12.1. The molecule has 0 aliphatic carbocycles. The molecule has 142 valence electrons. The minimum Gasteiger partial charge on any atom is -0.423 e. The monoisotopic (exact) mass is 433 g/mol. The minimum absolute atomic E-state index is 0.123. The molecule has 1 N–H and O–H groups in total. The van der Waals surface area contributed by atoms with Crippen LogP contribution in [0.5, 0.6) is 5.75 Å². The van der Waals surface area contributed by atoms with Crippen molar-refractivity contribution in [2.75, 3.05) is 6.54 Å². The van der Waals surface area contributed by atoms with Crippen LogP contribution in [-0.4, -0.2) is 18.4 Å². The molecular formula is C20H20BrNO5. The first-order valence-corrected chi connectivity index (χ1v) is 9.26. The summed E-state index contributed by atoms with van der Waals surface area (Å²) in [5.41, 5.74) is -0.543. The van der Waals surface area contributed by atoms with E-state index in [1.54, 1.807) is 36.4 Å². The minimum atomic E-state index is -0.786. The average Bonchev–Trinajstić information content (AvgIpc) is 2.62. The number of hydrogen-bond donors (Lipinski definition) is 1. The summed E-state index contributed by atoms with van der Waals surface area (Å²) in [5.74, 6) is -0.587. The standard InChI is InChI=1S/C20H20BrNO5/c1-3-5-18-14(6-4-11-22-13(2)23)12-17(20(25)27-18)19(24)26-16-9-7-15(21)8-10-16/h5-10,12H,3-4,11H2,1-2H3,(H,22,23)/b14-6-,18-5+. The quantitative estimate of drug-likeness (QED) is 0.428. The Morgan fingerprint density at radius 2 is 1.93 bits per heavy atom. The van der Waals surface area contributed by atoms with Gasteiger partial charge in [0, 0.05) is 23.2 Å². The van der Waals surface area contributed by atoms with Crippen LogP contribution in [0.15, 0.2) is 44.0 Å². The molecule has 2 rings (SSSR count). The highest BCUT2D eigenvalue weighted by Gasteiger charge is 2.15. The van der Waals surface area contributed by atoms with E-state index in [1.165, 1.54) is 13.0 Å². The lowest BCUT2D eigenvalue weighted by atomic mass is 10.2. The molecule has 0 saturated carbocycles. The van der Waals surface area contributed by atoms with Crippen LogP contribution in [0.2, 0.25) is 0 Å². The Labute approximate surface area is 164 Å². The Bertz CT molecular complexity index is 993. The van der Waals surface area contributed by atoms with E-state index >= 15 is 0 Å². The fourth-order valence-corrected chi connectivity index (χ4v) is 2.55. The van der Waals surface area contributed by atoms with Gasteiger partial charge >= 0.3 is 11.6 Å². The topological polar surface area (TPSA) is 85.6 Å². The average molecular weight is 434 g/mol. The van der Waals surface area contributed by atoms with E-state index in [9.17, 15) is 14.4 Å². The van der Waals surface area contributed by atoms with Crippen molar-refractivity contribution in [3.05, 3.63) is 61.4 Å².